The zero-order chi connectivity index (χ0) is 29.6. The minimum atomic E-state index is -4.09. The Bertz CT molecular complexity index is 1460. The molecule has 3 N–H and O–H groups in total. The highest BCUT2D eigenvalue weighted by atomic mass is 32.2. The van der Waals surface area contributed by atoms with E-state index >= 15 is 0 Å². The molecule has 0 atom stereocenters. The zero-order valence-electron chi connectivity index (χ0n) is 22.3. The predicted octanol–water partition coefficient (Wildman–Crippen LogP) is 1.08. The number of anilines is 1. The zero-order valence-corrected chi connectivity index (χ0v) is 23.1. The molecule has 13 nitrogen and oxygen atoms in total. The number of sulfonamides is 1. The largest absolute Gasteiger partial charge is 0.480 e. The number of amides is 1. The van der Waals surface area contributed by atoms with E-state index in [4.69, 9.17) is 25.4 Å². The number of rotatable bonds is 13. The standard InChI is InChI=1S/C26H30N4O9S/c1-4-37-23(32)14-30(40(3,35)36)20-11-16(7-9-22(20)39-15-24(33)38-5-2)21(31)13-29-12-18-10-17(25(27)28)6-8-19(18)26(29)34/h6-11H,4-5,12-15H2,1-3H3,(H3,27,28). The van der Waals surface area contributed by atoms with E-state index in [0.717, 1.165) is 6.26 Å². The number of hydrogen-bond donors (Lipinski definition) is 2. The van der Waals surface area contributed by atoms with Gasteiger partial charge in [-0.25, -0.2) is 13.2 Å². The van der Waals surface area contributed by atoms with E-state index < -0.39 is 40.9 Å². The summed E-state index contributed by atoms with van der Waals surface area (Å²) in [5.41, 5.74) is 6.85. The molecule has 1 amide bonds. The number of nitrogens with one attached hydrogen (secondary N) is 1. The van der Waals surface area contributed by atoms with Gasteiger partial charge in [0.15, 0.2) is 12.4 Å². The van der Waals surface area contributed by atoms with Gasteiger partial charge in [0.2, 0.25) is 10.0 Å². The Morgan fingerprint density at radius 2 is 1.68 bits per heavy atom. The van der Waals surface area contributed by atoms with Crippen LogP contribution >= 0.6 is 0 Å². The van der Waals surface area contributed by atoms with E-state index in [1.165, 1.54) is 23.1 Å². The Hall–Kier alpha value is -4.46. The third kappa shape index (κ3) is 7.14. The summed E-state index contributed by atoms with van der Waals surface area (Å²) in [6, 6.07) is 8.59. The number of nitrogens with zero attached hydrogens (tertiary/aromatic N) is 2. The summed E-state index contributed by atoms with van der Waals surface area (Å²) in [7, 11) is -4.09. The molecular formula is C26H30N4O9S. The Morgan fingerprint density at radius 1 is 1.02 bits per heavy atom. The first kappa shape index (κ1) is 30.1. The summed E-state index contributed by atoms with van der Waals surface area (Å²) in [6.07, 6.45) is 0.866. The molecule has 0 saturated heterocycles. The lowest BCUT2D eigenvalue weighted by Gasteiger charge is -2.24. The Balaban J connectivity index is 1.93. The van der Waals surface area contributed by atoms with Crippen molar-refractivity contribution in [2.75, 3.05) is 43.5 Å². The Labute approximate surface area is 231 Å². The molecular weight excluding hydrogens is 544 g/mol. The van der Waals surface area contributed by atoms with Gasteiger partial charge in [0.05, 0.1) is 31.7 Å². The van der Waals surface area contributed by atoms with Gasteiger partial charge in [-0.2, -0.15) is 0 Å². The minimum Gasteiger partial charge on any atom is -0.480 e. The van der Waals surface area contributed by atoms with Crippen LogP contribution in [0.3, 0.4) is 0 Å². The molecule has 1 heterocycles. The second kappa shape index (κ2) is 12.6. The Kier molecular flexibility index (Phi) is 9.47. The fourth-order valence-electron chi connectivity index (χ4n) is 3.99. The van der Waals surface area contributed by atoms with E-state index in [1.807, 2.05) is 0 Å². The third-order valence-corrected chi connectivity index (χ3v) is 6.93. The van der Waals surface area contributed by atoms with Crippen molar-refractivity contribution in [3.8, 4) is 5.75 Å². The molecule has 1 aliphatic heterocycles. The van der Waals surface area contributed by atoms with Crippen LogP contribution in [0.4, 0.5) is 5.69 Å². The summed E-state index contributed by atoms with van der Waals surface area (Å²) in [5, 5.41) is 7.59. The number of esters is 2. The van der Waals surface area contributed by atoms with E-state index in [9.17, 15) is 27.6 Å². The number of ketones is 1. The number of nitrogen functional groups attached to an aromatic ring is 1. The minimum absolute atomic E-state index is 0.0152. The van der Waals surface area contributed by atoms with Crippen LogP contribution in [0.5, 0.6) is 5.75 Å². The van der Waals surface area contributed by atoms with Gasteiger partial charge in [0.25, 0.3) is 5.91 Å². The molecule has 214 valence electrons. The molecule has 0 radical (unpaired) electrons. The lowest BCUT2D eigenvalue weighted by molar-refractivity contribution is -0.145. The van der Waals surface area contributed by atoms with Crippen molar-refractivity contribution in [1.82, 2.24) is 4.90 Å². The second-order valence-electron chi connectivity index (χ2n) is 8.72. The summed E-state index contributed by atoms with van der Waals surface area (Å²) >= 11 is 0. The smallest absolute Gasteiger partial charge is 0.344 e. The van der Waals surface area contributed by atoms with Crippen molar-refractivity contribution in [2.24, 2.45) is 5.73 Å². The van der Waals surface area contributed by atoms with Gasteiger partial charge >= 0.3 is 11.9 Å². The van der Waals surface area contributed by atoms with Gasteiger partial charge in [0, 0.05) is 23.2 Å². The maximum Gasteiger partial charge on any atom is 0.344 e. The number of carbonyl (C=O) groups is 4. The third-order valence-electron chi connectivity index (χ3n) is 5.81. The number of nitrogens with two attached hydrogens (primary N) is 1. The summed E-state index contributed by atoms with van der Waals surface area (Å²) in [4.78, 5) is 51.5. The first-order valence-corrected chi connectivity index (χ1v) is 14.1. The van der Waals surface area contributed by atoms with Gasteiger partial charge in [-0.15, -0.1) is 0 Å². The average Bonchev–Trinajstić information content (AvgIpc) is 3.19. The van der Waals surface area contributed by atoms with Gasteiger partial charge in [-0.1, -0.05) is 6.07 Å². The lowest BCUT2D eigenvalue weighted by atomic mass is 10.1. The van der Waals surface area contributed by atoms with Crippen LogP contribution in [-0.4, -0.2) is 81.9 Å². The molecule has 14 heteroatoms. The summed E-state index contributed by atoms with van der Waals surface area (Å²) in [6.45, 7) is 1.83. The highest BCUT2D eigenvalue weighted by Gasteiger charge is 2.31. The van der Waals surface area contributed by atoms with Crippen LogP contribution in [0.2, 0.25) is 0 Å². The van der Waals surface area contributed by atoms with Crippen molar-refractivity contribution >= 4 is 45.2 Å². The molecule has 0 aliphatic carbocycles. The van der Waals surface area contributed by atoms with Gasteiger partial charge in [-0.05, 0) is 49.7 Å². The predicted molar refractivity (Wildman–Crippen MR) is 144 cm³/mol. The van der Waals surface area contributed by atoms with Crippen LogP contribution in [0.15, 0.2) is 36.4 Å². The number of amidine groups is 1. The molecule has 0 bridgehead atoms. The fourth-order valence-corrected chi connectivity index (χ4v) is 4.83. The van der Waals surface area contributed by atoms with Crippen LogP contribution < -0.4 is 14.8 Å². The van der Waals surface area contributed by atoms with Crippen molar-refractivity contribution in [1.29, 1.82) is 5.41 Å². The number of ether oxygens (including phenoxy) is 3. The van der Waals surface area contributed by atoms with E-state index in [1.54, 1.807) is 32.0 Å². The SMILES string of the molecule is CCOC(=O)COc1ccc(C(=O)CN2Cc3cc(C(=N)N)ccc3C2=O)cc1N(CC(=O)OCC)S(C)(=O)=O. The van der Waals surface area contributed by atoms with Crippen molar-refractivity contribution in [2.45, 2.75) is 20.4 Å². The van der Waals surface area contributed by atoms with E-state index in [-0.39, 0.29) is 55.0 Å². The van der Waals surface area contributed by atoms with Gasteiger partial charge < -0.3 is 24.8 Å². The van der Waals surface area contributed by atoms with Crippen LogP contribution in [0.25, 0.3) is 0 Å². The molecule has 40 heavy (non-hydrogen) atoms. The number of Topliss-reactive ketones (excluding diaryl/α,β-unsaturated/α-hetero) is 1. The topological polar surface area (TPSA) is 186 Å². The van der Waals surface area contributed by atoms with Crippen molar-refractivity contribution in [3.05, 3.63) is 58.7 Å². The first-order chi connectivity index (χ1) is 18.8. The monoisotopic (exact) mass is 574 g/mol. The molecule has 1 aliphatic rings. The normalized spacial score (nSPS) is 12.5. The maximum absolute atomic E-state index is 13.3. The van der Waals surface area contributed by atoms with Gasteiger partial charge in [-0.3, -0.25) is 24.1 Å². The Morgan fingerprint density at radius 3 is 2.30 bits per heavy atom. The van der Waals surface area contributed by atoms with E-state index in [0.29, 0.717) is 21.0 Å². The molecule has 3 rings (SSSR count). The maximum atomic E-state index is 13.3. The quantitative estimate of drug-likeness (QED) is 0.152. The van der Waals surface area contributed by atoms with Crippen LogP contribution in [-0.2, 0) is 35.6 Å². The number of carbonyl (C=O) groups excluding carboxylic acids is 4. The lowest BCUT2D eigenvalue weighted by Crippen LogP contribution is -2.36. The molecule has 2 aromatic rings. The number of benzene rings is 2. The summed E-state index contributed by atoms with van der Waals surface area (Å²) < 4.78 is 41.3. The van der Waals surface area contributed by atoms with E-state index in [2.05, 4.69) is 0 Å². The molecule has 0 saturated carbocycles. The second-order valence-corrected chi connectivity index (χ2v) is 10.6. The fraction of sp³-hybridized carbons (Fsp3) is 0.346. The molecule has 2 aromatic carbocycles. The molecule has 0 aromatic heterocycles. The summed E-state index contributed by atoms with van der Waals surface area (Å²) in [5.74, 6) is -2.69. The van der Waals surface area contributed by atoms with Crippen LogP contribution in [0.1, 0.15) is 45.7 Å². The van der Waals surface area contributed by atoms with Crippen molar-refractivity contribution < 1.29 is 41.8 Å². The molecule has 0 fully saturated rings. The average molecular weight is 575 g/mol. The first-order valence-electron chi connectivity index (χ1n) is 12.2. The molecule has 0 unspecified atom stereocenters. The highest BCUT2D eigenvalue weighted by Crippen LogP contribution is 2.32. The van der Waals surface area contributed by atoms with Crippen LogP contribution in [0, 0.1) is 5.41 Å². The highest BCUT2D eigenvalue weighted by molar-refractivity contribution is 7.92. The number of fused-ring (bicyclic) bond motifs is 1. The van der Waals surface area contributed by atoms with Gasteiger partial charge in [0.1, 0.15) is 18.1 Å². The van der Waals surface area contributed by atoms with Crippen molar-refractivity contribution in [3.63, 3.8) is 0 Å². The number of hydrogen-bond acceptors (Lipinski definition) is 10. The molecule has 0 spiro atoms.